The minimum absolute atomic E-state index is 0.0431. The highest BCUT2D eigenvalue weighted by Gasteiger charge is 2.15. The minimum atomic E-state index is -0.0431. The lowest BCUT2D eigenvalue weighted by atomic mass is 10.1. The highest BCUT2D eigenvalue weighted by molar-refractivity contribution is 9.09. The van der Waals surface area contributed by atoms with Gasteiger partial charge in [-0.25, -0.2) is 0 Å². The molecule has 3 aromatic rings. The zero-order valence-corrected chi connectivity index (χ0v) is 12.5. The van der Waals surface area contributed by atoms with Crippen LogP contribution >= 0.6 is 15.9 Å². The number of fused-ring (bicyclic) bond motifs is 1. The Morgan fingerprint density at radius 1 is 1.05 bits per heavy atom. The molecule has 1 aromatic heterocycles. The van der Waals surface area contributed by atoms with Gasteiger partial charge >= 0.3 is 0 Å². The number of aromatic nitrogens is 2. The Morgan fingerprint density at radius 2 is 1.75 bits per heavy atom. The fourth-order valence-corrected chi connectivity index (χ4v) is 3.07. The van der Waals surface area contributed by atoms with Gasteiger partial charge in [-0.3, -0.25) is 4.68 Å². The third-order valence-corrected chi connectivity index (χ3v) is 4.06. The molecule has 0 saturated heterocycles. The number of aliphatic hydroxyl groups excluding tert-OH is 1. The van der Waals surface area contributed by atoms with E-state index < -0.39 is 0 Å². The van der Waals surface area contributed by atoms with Gasteiger partial charge in [0.15, 0.2) is 0 Å². The van der Waals surface area contributed by atoms with Crippen molar-refractivity contribution in [2.24, 2.45) is 0 Å². The second-order valence-corrected chi connectivity index (χ2v) is 5.75. The number of para-hydroxylation sites is 1. The monoisotopic (exact) mass is 330 g/mol. The molecule has 1 unspecified atom stereocenters. The maximum Gasteiger partial charge on any atom is 0.111 e. The topological polar surface area (TPSA) is 38.1 Å². The Morgan fingerprint density at radius 3 is 2.50 bits per heavy atom. The average Bonchev–Trinajstić information content (AvgIpc) is 2.87. The van der Waals surface area contributed by atoms with Crippen molar-refractivity contribution in [1.82, 2.24) is 9.78 Å². The van der Waals surface area contributed by atoms with Crippen molar-refractivity contribution in [3.8, 4) is 0 Å². The van der Waals surface area contributed by atoms with Crippen LogP contribution in [0.4, 0.5) is 0 Å². The fraction of sp³-hybridized carbons (Fsp3) is 0.188. The lowest BCUT2D eigenvalue weighted by Gasteiger charge is -2.12. The maximum atomic E-state index is 9.43. The van der Waals surface area contributed by atoms with E-state index in [2.05, 4.69) is 33.2 Å². The molecule has 0 aliphatic carbocycles. The Kier molecular flexibility index (Phi) is 3.85. The van der Waals surface area contributed by atoms with Crippen LogP contribution in [-0.2, 0) is 13.0 Å². The summed E-state index contributed by atoms with van der Waals surface area (Å²) in [6.45, 7) is -0.0431. The minimum Gasteiger partial charge on any atom is -0.390 e. The van der Waals surface area contributed by atoms with Crippen molar-refractivity contribution in [1.29, 1.82) is 0 Å². The molecule has 20 heavy (non-hydrogen) atoms. The van der Waals surface area contributed by atoms with Crippen molar-refractivity contribution in [3.63, 3.8) is 0 Å². The molecule has 3 nitrogen and oxygen atoms in total. The van der Waals surface area contributed by atoms with E-state index in [4.69, 9.17) is 0 Å². The van der Waals surface area contributed by atoms with E-state index in [0.29, 0.717) is 0 Å². The van der Waals surface area contributed by atoms with Gasteiger partial charge in [0.05, 0.1) is 17.8 Å². The molecule has 0 bridgehead atoms. The van der Waals surface area contributed by atoms with Gasteiger partial charge in [0, 0.05) is 11.8 Å². The summed E-state index contributed by atoms with van der Waals surface area (Å²) < 4.78 is 1.94. The van der Waals surface area contributed by atoms with Gasteiger partial charge in [-0.05, 0) is 11.6 Å². The molecule has 1 atom stereocenters. The van der Waals surface area contributed by atoms with Crippen LogP contribution in [-0.4, -0.2) is 14.9 Å². The Bertz CT molecular complexity index is 709. The normalized spacial score (nSPS) is 12.7. The zero-order chi connectivity index (χ0) is 13.9. The Labute approximate surface area is 126 Å². The average molecular weight is 331 g/mol. The molecule has 0 spiro atoms. The number of hydrogen-bond acceptors (Lipinski definition) is 2. The molecule has 102 valence electrons. The predicted molar refractivity (Wildman–Crippen MR) is 83.8 cm³/mol. The van der Waals surface area contributed by atoms with Crippen molar-refractivity contribution in [2.75, 3.05) is 0 Å². The quantitative estimate of drug-likeness (QED) is 0.741. The van der Waals surface area contributed by atoms with Crippen LogP contribution in [0.1, 0.15) is 16.2 Å². The van der Waals surface area contributed by atoms with E-state index in [9.17, 15) is 5.11 Å². The predicted octanol–water partition coefficient (Wildman–Crippen LogP) is 3.66. The molecule has 0 saturated carbocycles. The first-order valence-corrected chi connectivity index (χ1v) is 7.46. The molecule has 0 aliphatic heterocycles. The van der Waals surface area contributed by atoms with E-state index in [1.165, 1.54) is 5.56 Å². The number of halogens is 1. The van der Waals surface area contributed by atoms with Crippen molar-refractivity contribution in [2.45, 2.75) is 18.0 Å². The highest BCUT2D eigenvalue weighted by atomic mass is 79.9. The van der Waals surface area contributed by atoms with E-state index in [0.717, 1.165) is 23.0 Å². The van der Waals surface area contributed by atoms with Crippen LogP contribution in [0, 0.1) is 0 Å². The van der Waals surface area contributed by atoms with Gasteiger partial charge in [0.1, 0.15) is 4.95 Å². The first-order chi connectivity index (χ1) is 9.79. The van der Waals surface area contributed by atoms with Crippen molar-refractivity contribution < 1.29 is 5.11 Å². The van der Waals surface area contributed by atoms with Gasteiger partial charge in [0.25, 0.3) is 0 Å². The molecule has 2 aromatic carbocycles. The van der Waals surface area contributed by atoms with Crippen molar-refractivity contribution >= 4 is 26.8 Å². The summed E-state index contributed by atoms with van der Waals surface area (Å²) in [7, 11) is 0. The molecule has 1 heterocycles. The molecule has 0 aliphatic rings. The van der Waals surface area contributed by atoms with Gasteiger partial charge in [-0.1, -0.05) is 64.5 Å². The Balaban J connectivity index is 1.97. The van der Waals surface area contributed by atoms with Gasteiger partial charge in [-0.15, -0.1) is 0 Å². The van der Waals surface area contributed by atoms with E-state index >= 15 is 0 Å². The van der Waals surface area contributed by atoms with Crippen molar-refractivity contribution in [3.05, 3.63) is 65.9 Å². The van der Waals surface area contributed by atoms with Crippen LogP contribution < -0.4 is 0 Å². The SMILES string of the molecule is OCc1nn(C(Br)Cc2ccccc2)c2ccccc12. The summed E-state index contributed by atoms with van der Waals surface area (Å²) in [5.74, 6) is 0. The molecule has 0 amide bonds. The number of nitrogens with zero attached hydrogens (tertiary/aromatic N) is 2. The summed E-state index contributed by atoms with van der Waals surface area (Å²) >= 11 is 3.71. The van der Waals surface area contributed by atoms with Crippen LogP contribution in [0.5, 0.6) is 0 Å². The first-order valence-electron chi connectivity index (χ1n) is 6.54. The van der Waals surface area contributed by atoms with E-state index in [1.807, 2.05) is 47.1 Å². The number of benzene rings is 2. The lowest BCUT2D eigenvalue weighted by Crippen LogP contribution is -2.07. The number of rotatable bonds is 4. The lowest BCUT2D eigenvalue weighted by molar-refractivity contribution is 0.276. The van der Waals surface area contributed by atoms with Gasteiger partial charge < -0.3 is 5.11 Å². The Hall–Kier alpha value is -1.65. The van der Waals surface area contributed by atoms with Gasteiger partial charge in [-0.2, -0.15) is 5.10 Å². The second-order valence-electron chi connectivity index (χ2n) is 4.69. The van der Waals surface area contributed by atoms with Crippen LogP contribution in [0.15, 0.2) is 54.6 Å². The van der Waals surface area contributed by atoms with E-state index in [-0.39, 0.29) is 11.6 Å². The highest BCUT2D eigenvalue weighted by Crippen LogP contribution is 2.27. The second kappa shape index (κ2) is 5.77. The summed E-state index contributed by atoms with van der Waals surface area (Å²) in [6, 6.07) is 18.3. The third kappa shape index (κ3) is 2.49. The maximum absolute atomic E-state index is 9.43. The fourth-order valence-electron chi connectivity index (χ4n) is 2.38. The molecule has 3 rings (SSSR count). The van der Waals surface area contributed by atoms with Crippen LogP contribution in [0.25, 0.3) is 10.9 Å². The molecule has 4 heteroatoms. The largest absolute Gasteiger partial charge is 0.390 e. The third-order valence-electron chi connectivity index (χ3n) is 3.35. The van der Waals surface area contributed by atoms with Crippen LogP contribution in [0.3, 0.4) is 0 Å². The molecular formula is C16H15BrN2O. The zero-order valence-electron chi connectivity index (χ0n) is 10.9. The molecular weight excluding hydrogens is 316 g/mol. The summed E-state index contributed by atoms with van der Waals surface area (Å²) in [6.07, 6.45) is 0.845. The van der Waals surface area contributed by atoms with E-state index in [1.54, 1.807) is 0 Å². The van der Waals surface area contributed by atoms with Gasteiger partial charge in [0.2, 0.25) is 0 Å². The van der Waals surface area contributed by atoms with Crippen LogP contribution in [0.2, 0.25) is 0 Å². The standard InChI is InChI=1S/C16H15BrN2O/c17-16(10-12-6-2-1-3-7-12)19-15-9-5-4-8-13(15)14(11-20)18-19/h1-9,16,20H,10-11H2. The number of alkyl halides is 1. The summed E-state index contributed by atoms with van der Waals surface area (Å²) in [4.78, 5) is 0.0649. The first kappa shape index (κ1) is 13.3. The smallest absolute Gasteiger partial charge is 0.111 e. The summed E-state index contributed by atoms with van der Waals surface area (Å²) in [5.41, 5.74) is 3.01. The molecule has 0 fully saturated rings. The molecule has 1 N–H and O–H groups in total. The number of aliphatic hydroxyl groups is 1. The number of hydrogen-bond donors (Lipinski definition) is 1. The summed E-state index contributed by atoms with van der Waals surface area (Å²) in [5, 5.41) is 15.0. The molecule has 0 radical (unpaired) electrons.